The SMILES string of the molecule is C=Cc1c(C)ccc(C)c1C(=C)C. The van der Waals surface area contributed by atoms with Crippen LogP contribution in [0, 0.1) is 13.8 Å². The first-order valence-corrected chi connectivity index (χ1v) is 4.46. The Bertz CT molecular complexity index is 357. The second-order valence-electron chi connectivity index (χ2n) is 3.47. The van der Waals surface area contributed by atoms with Crippen LogP contribution < -0.4 is 0 Å². The van der Waals surface area contributed by atoms with Crippen molar-refractivity contribution in [3.05, 3.63) is 47.5 Å². The van der Waals surface area contributed by atoms with Gasteiger partial charge in [-0.15, -0.1) is 0 Å². The van der Waals surface area contributed by atoms with Crippen LogP contribution in [0.1, 0.15) is 29.2 Å². The summed E-state index contributed by atoms with van der Waals surface area (Å²) in [5.74, 6) is 0. The maximum atomic E-state index is 3.99. The summed E-state index contributed by atoms with van der Waals surface area (Å²) in [6, 6.07) is 4.26. The highest BCUT2D eigenvalue weighted by Gasteiger charge is 2.05. The molecule has 0 bridgehead atoms. The summed E-state index contributed by atoms with van der Waals surface area (Å²) in [5, 5.41) is 0. The second kappa shape index (κ2) is 3.61. The average molecular weight is 172 g/mol. The summed E-state index contributed by atoms with van der Waals surface area (Å²) < 4.78 is 0. The van der Waals surface area contributed by atoms with Crippen LogP contribution in [0.25, 0.3) is 11.6 Å². The van der Waals surface area contributed by atoms with Crippen molar-refractivity contribution in [1.29, 1.82) is 0 Å². The van der Waals surface area contributed by atoms with Gasteiger partial charge in [-0.2, -0.15) is 0 Å². The van der Waals surface area contributed by atoms with Gasteiger partial charge in [0.05, 0.1) is 0 Å². The molecule has 0 atom stereocenters. The number of hydrogen-bond acceptors (Lipinski definition) is 0. The number of allylic oxidation sites excluding steroid dienone is 1. The fourth-order valence-corrected chi connectivity index (χ4v) is 1.66. The van der Waals surface area contributed by atoms with Crippen LogP contribution >= 0.6 is 0 Å². The normalized spacial score (nSPS) is 9.77. The molecule has 0 amide bonds. The first kappa shape index (κ1) is 9.79. The van der Waals surface area contributed by atoms with Gasteiger partial charge in [0.15, 0.2) is 0 Å². The number of benzene rings is 1. The smallest absolute Gasteiger partial charge is 0.0129 e. The van der Waals surface area contributed by atoms with Crippen LogP contribution in [0.5, 0.6) is 0 Å². The lowest BCUT2D eigenvalue weighted by atomic mass is 9.93. The maximum Gasteiger partial charge on any atom is -0.0129 e. The molecule has 0 saturated carbocycles. The van der Waals surface area contributed by atoms with Crippen LogP contribution in [-0.4, -0.2) is 0 Å². The molecule has 0 aromatic heterocycles. The highest BCUT2D eigenvalue weighted by Crippen LogP contribution is 2.25. The molecule has 0 radical (unpaired) electrons. The van der Waals surface area contributed by atoms with Crippen LogP contribution in [0.4, 0.5) is 0 Å². The van der Waals surface area contributed by atoms with Gasteiger partial charge in [0.25, 0.3) is 0 Å². The maximum absolute atomic E-state index is 3.99. The predicted octanol–water partition coefficient (Wildman–Crippen LogP) is 3.98. The topological polar surface area (TPSA) is 0 Å². The molecule has 0 heteroatoms. The molecule has 0 aliphatic rings. The summed E-state index contributed by atoms with van der Waals surface area (Å²) in [4.78, 5) is 0. The quantitative estimate of drug-likeness (QED) is 0.633. The molecule has 0 aliphatic heterocycles. The minimum atomic E-state index is 1.11. The molecule has 68 valence electrons. The second-order valence-corrected chi connectivity index (χ2v) is 3.47. The van der Waals surface area contributed by atoms with Crippen molar-refractivity contribution in [2.24, 2.45) is 0 Å². The van der Waals surface area contributed by atoms with Crippen molar-refractivity contribution in [2.45, 2.75) is 20.8 Å². The third kappa shape index (κ3) is 1.72. The van der Waals surface area contributed by atoms with E-state index in [1.54, 1.807) is 0 Å². The standard InChI is InChI=1S/C13H16/c1-6-12-10(4)7-8-11(5)13(12)9(2)3/h6-8H,1-2H2,3-5H3. The molecule has 1 rings (SSSR count). The van der Waals surface area contributed by atoms with E-state index in [4.69, 9.17) is 0 Å². The van der Waals surface area contributed by atoms with Gasteiger partial charge in [-0.05, 0) is 43.0 Å². The van der Waals surface area contributed by atoms with Gasteiger partial charge < -0.3 is 0 Å². The average Bonchev–Trinajstić information content (AvgIpc) is 2.07. The number of aryl methyl sites for hydroxylation is 2. The Balaban J connectivity index is 3.52. The van der Waals surface area contributed by atoms with Crippen molar-refractivity contribution >= 4 is 11.6 Å². The van der Waals surface area contributed by atoms with Crippen LogP contribution in [0.15, 0.2) is 25.3 Å². The van der Waals surface area contributed by atoms with Gasteiger partial charge in [0, 0.05) is 0 Å². The lowest BCUT2D eigenvalue weighted by Gasteiger charge is -2.12. The van der Waals surface area contributed by atoms with Crippen molar-refractivity contribution in [2.75, 3.05) is 0 Å². The number of rotatable bonds is 2. The lowest BCUT2D eigenvalue weighted by molar-refractivity contribution is 1.34. The Morgan fingerprint density at radius 1 is 1.23 bits per heavy atom. The molecule has 0 unspecified atom stereocenters. The van der Waals surface area contributed by atoms with E-state index in [9.17, 15) is 0 Å². The van der Waals surface area contributed by atoms with Crippen molar-refractivity contribution in [3.8, 4) is 0 Å². The molecule has 0 N–H and O–H groups in total. The third-order valence-electron chi connectivity index (χ3n) is 2.30. The zero-order valence-corrected chi connectivity index (χ0v) is 8.65. The highest BCUT2D eigenvalue weighted by atomic mass is 14.1. The van der Waals surface area contributed by atoms with E-state index >= 15 is 0 Å². The molecule has 0 spiro atoms. The first-order chi connectivity index (χ1) is 6.07. The zero-order chi connectivity index (χ0) is 10.0. The van der Waals surface area contributed by atoms with Gasteiger partial charge in [-0.1, -0.05) is 36.9 Å². The molecule has 13 heavy (non-hydrogen) atoms. The summed E-state index contributed by atoms with van der Waals surface area (Å²) in [5.41, 5.74) is 6.10. The van der Waals surface area contributed by atoms with Gasteiger partial charge in [-0.25, -0.2) is 0 Å². The van der Waals surface area contributed by atoms with E-state index in [2.05, 4.69) is 39.1 Å². The fourth-order valence-electron chi connectivity index (χ4n) is 1.66. The molecular weight excluding hydrogens is 156 g/mol. The Morgan fingerprint density at radius 2 is 1.77 bits per heavy atom. The van der Waals surface area contributed by atoms with E-state index in [-0.39, 0.29) is 0 Å². The van der Waals surface area contributed by atoms with Crippen LogP contribution in [0.2, 0.25) is 0 Å². The fraction of sp³-hybridized carbons (Fsp3) is 0.231. The zero-order valence-electron chi connectivity index (χ0n) is 8.65. The number of hydrogen-bond donors (Lipinski definition) is 0. The monoisotopic (exact) mass is 172 g/mol. The third-order valence-corrected chi connectivity index (χ3v) is 2.30. The van der Waals surface area contributed by atoms with Gasteiger partial charge in [-0.3, -0.25) is 0 Å². The highest BCUT2D eigenvalue weighted by molar-refractivity contribution is 5.75. The molecule has 1 aromatic carbocycles. The van der Waals surface area contributed by atoms with E-state index < -0.39 is 0 Å². The van der Waals surface area contributed by atoms with Crippen molar-refractivity contribution < 1.29 is 0 Å². The van der Waals surface area contributed by atoms with Crippen molar-refractivity contribution in [3.63, 3.8) is 0 Å². The van der Waals surface area contributed by atoms with E-state index in [1.165, 1.54) is 22.3 Å². The Morgan fingerprint density at radius 3 is 2.15 bits per heavy atom. The lowest BCUT2D eigenvalue weighted by Crippen LogP contribution is -1.92. The molecule has 0 fully saturated rings. The Hall–Kier alpha value is -1.30. The van der Waals surface area contributed by atoms with E-state index in [1.807, 2.05) is 13.0 Å². The Kier molecular flexibility index (Phi) is 2.72. The molecule has 0 aliphatic carbocycles. The van der Waals surface area contributed by atoms with E-state index in [0.29, 0.717) is 0 Å². The Labute approximate surface area is 80.6 Å². The summed E-state index contributed by atoms with van der Waals surface area (Å²) >= 11 is 0. The largest absolute Gasteiger partial charge is 0.0984 e. The first-order valence-electron chi connectivity index (χ1n) is 4.46. The molecule has 0 saturated heterocycles. The molecule has 1 aromatic rings. The van der Waals surface area contributed by atoms with Crippen molar-refractivity contribution in [1.82, 2.24) is 0 Å². The molecule has 0 nitrogen and oxygen atoms in total. The summed E-state index contributed by atoms with van der Waals surface area (Å²) in [6.45, 7) is 14.1. The predicted molar refractivity (Wildman–Crippen MR) is 60.7 cm³/mol. The molecule has 0 heterocycles. The van der Waals surface area contributed by atoms with Gasteiger partial charge in [0.2, 0.25) is 0 Å². The summed E-state index contributed by atoms with van der Waals surface area (Å²) in [6.07, 6.45) is 1.91. The summed E-state index contributed by atoms with van der Waals surface area (Å²) in [7, 11) is 0. The van der Waals surface area contributed by atoms with Crippen LogP contribution in [-0.2, 0) is 0 Å². The van der Waals surface area contributed by atoms with E-state index in [0.717, 1.165) is 5.57 Å². The minimum Gasteiger partial charge on any atom is -0.0984 e. The van der Waals surface area contributed by atoms with Gasteiger partial charge in [0.1, 0.15) is 0 Å². The molecular formula is C13H16. The minimum absolute atomic E-state index is 1.11. The van der Waals surface area contributed by atoms with Crippen LogP contribution in [0.3, 0.4) is 0 Å². The van der Waals surface area contributed by atoms with Gasteiger partial charge >= 0.3 is 0 Å².